The number of benzene rings is 2. The second-order valence-corrected chi connectivity index (χ2v) is 7.76. The Morgan fingerprint density at radius 3 is 2.72 bits per heavy atom. The number of para-hydroxylation sites is 2. The lowest BCUT2D eigenvalue weighted by atomic mass is 10.1. The van der Waals surface area contributed by atoms with E-state index in [1.807, 2.05) is 36.4 Å². The second kappa shape index (κ2) is 10.6. The van der Waals surface area contributed by atoms with E-state index in [1.165, 1.54) is 7.11 Å². The van der Waals surface area contributed by atoms with Crippen molar-refractivity contribution in [1.29, 1.82) is 0 Å². The Morgan fingerprint density at radius 1 is 1.10 bits per heavy atom. The van der Waals surface area contributed by atoms with Crippen molar-refractivity contribution in [1.82, 2.24) is 14.9 Å². The Labute approximate surface area is 181 Å². The molecule has 0 saturated heterocycles. The monoisotopic (exact) mass is 433 g/mol. The maximum absolute atomic E-state index is 11.4. The number of nitrogens with one attached hydrogen (secondary N) is 1. The summed E-state index contributed by atoms with van der Waals surface area (Å²) in [7, 11) is 1.52. The summed E-state index contributed by atoms with van der Waals surface area (Å²) >= 11 is 12.2. The molecule has 7 heteroatoms. The zero-order valence-electron chi connectivity index (χ0n) is 16.5. The average molecular weight is 434 g/mol. The zero-order chi connectivity index (χ0) is 20.6. The number of unbranched alkanes of at least 4 members (excludes halogenated alkanes) is 2. The molecule has 154 valence electrons. The van der Waals surface area contributed by atoms with Crippen molar-refractivity contribution >= 4 is 40.1 Å². The third-order valence-corrected chi connectivity index (χ3v) is 5.47. The summed E-state index contributed by atoms with van der Waals surface area (Å²) in [6.07, 6.45) is 3.83. The van der Waals surface area contributed by atoms with Crippen LogP contribution >= 0.6 is 23.2 Å². The van der Waals surface area contributed by atoms with Gasteiger partial charge in [-0.3, -0.25) is 4.79 Å². The minimum absolute atomic E-state index is 0.0732. The number of nitrogens with zero attached hydrogens (tertiary/aromatic N) is 2. The number of hydrogen-bond acceptors (Lipinski definition) is 3. The number of ether oxygens (including phenoxy) is 1. The number of methoxy groups -OCH3 is 1. The summed E-state index contributed by atoms with van der Waals surface area (Å²) in [5, 5.41) is 3.97. The SMILES string of the molecule is COCC(=O)NCCCCCc1nc2ccccc2n1Cc1ccc(Cl)c(Cl)c1. The van der Waals surface area contributed by atoms with Crippen LogP contribution in [0.15, 0.2) is 42.5 Å². The highest BCUT2D eigenvalue weighted by molar-refractivity contribution is 6.42. The first-order valence-corrected chi connectivity index (χ1v) is 10.5. The molecule has 1 amide bonds. The predicted octanol–water partition coefficient (Wildman–Crippen LogP) is 4.87. The van der Waals surface area contributed by atoms with Crippen LogP contribution in [0.3, 0.4) is 0 Å². The standard InChI is InChI=1S/C22H25Cl2N3O2/c1-29-15-22(28)25-12-6-2-3-9-21-26-19-7-4-5-8-20(19)27(21)14-16-10-11-17(23)18(24)13-16/h4-5,7-8,10-11,13H,2-3,6,9,12,14-15H2,1H3,(H,25,28). The molecule has 0 fully saturated rings. The molecule has 1 heterocycles. The third-order valence-electron chi connectivity index (χ3n) is 4.73. The molecule has 0 aliphatic rings. The first kappa shape index (κ1) is 21.6. The van der Waals surface area contributed by atoms with Gasteiger partial charge in [0.25, 0.3) is 0 Å². The molecule has 0 aliphatic heterocycles. The fourth-order valence-corrected chi connectivity index (χ4v) is 3.63. The number of aryl methyl sites for hydroxylation is 1. The summed E-state index contributed by atoms with van der Waals surface area (Å²) in [4.78, 5) is 16.2. The molecule has 0 saturated carbocycles. The van der Waals surface area contributed by atoms with E-state index in [9.17, 15) is 4.79 Å². The van der Waals surface area contributed by atoms with E-state index in [0.717, 1.165) is 48.1 Å². The second-order valence-electron chi connectivity index (χ2n) is 6.94. The van der Waals surface area contributed by atoms with E-state index in [-0.39, 0.29) is 12.5 Å². The first-order chi connectivity index (χ1) is 14.1. The highest BCUT2D eigenvalue weighted by atomic mass is 35.5. The van der Waals surface area contributed by atoms with Crippen molar-refractivity contribution in [2.75, 3.05) is 20.3 Å². The summed E-state index contributed by atoms with van der Waals surface area (Å²) in [5.41, 5.74) is 3.19. The van der Waals surface area contributed by atoms with E-state index in [2.05, 4.69) is 16.0 Å². The molecular weight excluding hydrogens is 409 g/mol. The number of amides is 1. The number of carbonyl (C=O) groups is 1. The van der Waals surface area contributed by atoms with Gasteiger partial charge in [-0.1, -0.05) is 47.8 Å². The normalized spacial score (nSPS) is 11.1. The van der Waals surface area contributed by atoms with Gasteiger partial charge in [0.1, 0.15) is 12.4 Å². The fourth-order valence-electron chi connectivity index (χ4n) is 3.31. The number of carbonyl (C=O) groups excluding carboxylic acids is 1. The first-order valence-electron chi connectivity index (χ1n) is 9.72. The van der Waals surface area contributed by atoms with Crippen LogP contribution in [0.4, 0.5) is 0 Å². The molecular formula is C22H25Cl2N3O2. The Hall–Kier alpha value is -2.08. The lowest BCUT2D eigenvalue weighted by Crippen LogP contribution is -2.27. The zero-order valence-corrected chi connectivity index (χ0v) is 18.0. The maximum Gasteiger partial charge on any atom is 0.245 e. The fraction of sp³-hybridized carbons (Fsp3) is 0.364. The van der Waals surface area contributed by atoms with Gasteiger partial charge in [0, 0.05) is 26.6 Å². The topological polar surface area (TPSA) is 56.1 Å². The maximum atomic E-state index is 11.4. The Bertz CT molecular complexity index is 972. The molecule has 29 heavy (non-hydrogen) atoms. The molecule has 1 N–H and O–H groups in total. The Kier molecular flexibility index (Phi) is 7.92. The van der Waals surface area contributed by atoms with Crippen LogP contribution in [0.2, 0.25) is 10.0 Å². The lowest BCUT2D eigenvalue weighted by Gasteiger charge is -2.11. The summed E-state index contributed by atoms with van der Waals surface area (Å²) in [5.74, 6) is 0.983. The van der Waals surface area contributed by atoms with Gasteiger partial charge in [0.05, 0.1) is 21.1 Å². The molecule has 3 rings (SSSR count). The molecule has 0 radical (unpaired) electrons. The number of rotatable bonds is 10. The van der Waals surface area contributed by atoms with Gasteiger partial charge in [-0.15, -0.1) is 0 Å². The number of halogens is 2. The van der Waals surface area contributed by atoms with Gasteiger partial charge in [0.15, 0.2) is 0 Å². The highest BCUT2D eigenvalue weighted by Crippen LogP contribution is 2.25. The molecule has 3 aromatic rings. The van der Waals surface area contributed by atoms with Crippen LogP contribution in [-0.2, 0) is 22.5 Å². The molecule has 2 aromatic carbocycles. The van der Waals surface area contributed by atoms with E-state index in [1.54, 1.807) is 0 Å². The van der Waals surface area contributed by atoms with Crippen LogP contribution in [0.1, 0.15) is 30.7 Å². The molecule has 0 aliphatic carbocycles. The molecule has 0 atom stereocenters. The Balaban J connectivity index is 1.64. The summed E-state index contributed by atoms with van der Waals surface area (Å²) < 4.78 is 7.05. The largest absolute Gasteiger partial charge is 0.375 e. The van der Waals surface area contributed by atoms with Gasteiger partial charge in [-0.05, 0) is 42.7 Å². The van der Waals surface area contributed by atoms with Crippen LogP contribution in [0.25, 0.3) is 11.0 Å². The minimum atomic E-state index is -0.0732. The number of imidazole rings is 1. The van der Waals surface area contributed by atoms with E-state index in [4.69, 9.17) is 32.9 Å². The number of fused-ring (bicyclic) bond motifs is 1. The smallest absolute Gasteiger partial charge is 0.245 e. The van der Waals surface area contributed by atoms with Crippen molar-refractivity contribution in [3.8, 4) is 0 Å². The van der Waals surface area contributed by atoms with E-state index in [0.29, 0.717) is 23.1 Å². The molecule has 0 unspecified atom stereocenters. The Morgan fingerprint density at radius 2 is 1.93 bits per heavy atom. The number of aromatic nitrogens is 2. The quantitative estimate of drug-likeness (QED) is 0.464. The molecule has 1 aromatic heterocycles. The van der Waals surface area contributed by atoms with Crippen LogP contribution < -0.4 is 5.32 Å². The lowest BCUT2D eigenvalue weighted by molar-refractivity contribution is -0.124. The van der Waals surface area contributed by atoms with E-state index >= 15 is 0 Å². The molecule has 0 spiro atoms. The van der Waals surface area contributed by atoms with E-state index < -0.39 is 0 Å². The van der Waals surface area contributed by atoms with Crippen molar-refractivity contribution in [3.05, 3.63) is 63.9 Å². The van der Waals surface area contributed by atoms with Crippen molar-refractivity contribution in [3.63, 3.8) is 0 Å². The minimum Gasteiger partial charge on any atom is -0.375 e. The van der Waals surface area contributed by atoms with Gasteiger partial charge in [-0.25, -0.2) is 4.98 Å². The summed E-state index contributed by atoms with van der Waals surface area (Å²) in [6.45, 7) is 1.47. The van der Waals surface area contributed by atoms with Crippen molar-refractivity contribution in [2.24, 2.45) is 0 Å². The van der Waals surface area contributed by atoms with Gasteiger partial charge in [0.2, 0.25) is 5.91 Å². The van der Waals surface area contributed by atoms with Gasteiger partial charge >= 0.3 is 0 Å². The van der Waals surface area contributed by atoms with Crippen molar-refractivity contribution in [2.45, 2.75) is 32.2 Å². The molecule has 0 bridgehead atoms. The summed E-state index contributed by atoms with van der Waals surface area (Å²) in [6, 6.07) is 13.9. The highest BCUT2D eigenvalue weighted by Gasteiger charge is 2.11. The van der Waals surface area contributed by atoms with Crippen LogP contribution in [0.5, 0.6) is 0 Å². The molecule has 5 nitrogen and oxygen atoms in total. The van der Waals surface area contributed by atoms with Gasteiger partial charge in [-0.2, -0.15) is 0 Å². The van der Waals surface area contributed by atoms with Gasteiger partial charge < -0.3 is 14.6 Å². The number of hydrogen-bond donors (Lipinski definition) is 1. The van der Waals surface area contributed by atoms with Crippen LogP contribution in [0, 0.1) is 0 Å². The predicted molar refractivity (Wildman–Crippen MR) is 118 cm³/mol. The van der Waals surface area contributed by atoms with Crippen LogP contribution in [-0.4, -0.2) is 35.7 Å². The third kappa shape index (κ3) is 5.95. The van der Waals surface area contributed by atoms with Crippen molar-refractivity contribution < 1.29 is 9.53 Å². The average Bonchev–Trinajstić information content (AvgIpc) is 3.05.